The molecule has 1 aliphatic heterocycles. The topological polar surface area (TPSA) is 96.0 Å². The molecule has 1 atom stereocenters. The Morgan fingerprint density at radius 1 is 1.09 bits per heavy atom. The minimum atomic E-state index is -3.67. The van der Waals surface area contributed by atoms with E-state index in [0.29, 0.717) is 42.2 Å². The van der Waals surface area contributed by atoms with Crippen LogP contribution in [0.1, 0.15) is 51.4 Å². The van der Waals surface area contributed by atoms with Crippen LogP contribution in [0.4, 0.5) is 5.69 Å². The number of hydrogen-bond acceptors (Lipinski definition) is 5. The highest BCUT2D eigenvalue weighted by molar-refractivity contribution is 7.89. The second kappa shape index (κ2) is 8.52. The summed E-state index contributed by atoms with van der Waals surface area (Å²) in [5.41, 5.74) is 0.0131. The maximum absolute atomic E-state index is 13.9. The van der Waals surface area contributed by atoms with E-state index in [1.807, 2.05) is 4.90 Å². The molecule has 9 heteroatoms. The second-order valence-electron chi connectivity index (χ2n) is 11.0. The number of carbonyl (C=O) groups excluding carboxylic acids is 2. The normalized spacial score (nSPS) is 32.3. The van der Waals surface area contributed by atoms with E-state index >= 15 is 0 Å². The van der Waals surface area contributed by atoms with Gasteiger partial charge in [-0.1, -0.05) is 0 Å². The zero-order valence-electron chi connectivity index (χ0n) is 20.2. The number of nitrogens with zero attached hydrogens (tertiary/aromatic N) is 2. The summed E-state index contributed by atoms with van der Waals surface area (Å²) in [4.78, 5) is 29.2. The fourth-order valence-electron chi connectivity index (χ4n) is 7.33. The molecule has 6 rings (SSSR count). The molecule has 5 fully saturated rings. The first kappa shape index (κ1) is 23.6. The first-order valence-corrected chi connectivity index (χ1v) is 13.8. The molecule has 34 heavy (non-hydrogen) atoms. The van der Waals surface area contributed by atoms with Crippen molar-refractivity contribution in [3.63, 3.8) is 0 Å². The number of hydrogen-bond donors (Lipinski definition) is 1. The summed E-state index contributed by atoms with van der Waals surface area (Å²) in [5, 5.41) is 2.87. The zero-order chi connectivity index (χ0) is 24.3. The van der Waals surface area contributed by atoms with Gasteiger partial charge in [-0.3, -0.25) is 9.59 Å². The predicted octanol–water partition coefficient (Wildman–Crippen LogP) is 3.09. The number of sulfonamides is 1. The maximum Gasteiger partial charge on any atom is 0.247 e. The molecule has 1 aromatic carbocycles. The van der Waals surface area contributed by atoms with Crippen LogP contribution in [0, 0.1) is 23.2 Å². The number of anilines is 1. The Hall–Kier alpha value is -2.13. The van der Waals surface area contributed by atoms with E-state index in [1.54, 1.807) is 6.07 Å². The van der Waals surface area contributed by atoms with Crippen LogP contribution in [-0.4, -0.2) is 63.2 Å². The van der Waals surface area contributed by atoms with Crippen LogP contribution in [0.25, 0.3) is 0 Å². The molecule has 4 bridgehead atoms. The van der Waals surface area contributed by atoms with E-state index in [0.717, 1.165) is 30.0 Å². The summed E-state index contributed by atoms with van der Waals surface area (Å²) in [6.45, 7) is 0.602. The molecular weight excluding hydrogens is 454 g/mol. The molecule has 1 aromatic rings. The van der Waals surface area contributed by atoms with Crippen molar-refractivity contribution >= 4 is 27.5 Å². The van der Waals surface area contributed by atoms with Crippen molar-refractivity contribution in [3.05, 3.63) is 18.2 Å². The summed E-state index contributed by atoms with van der Waals surface area (Å²) in [7, 11) is 0.733. The highest BCUT2D eigenvalue weighted by Gasteiger charge is 2.56. The van der Waals surface area contributed by atoms with Gasteiger partial charge in [0, 0.05) is 20.6 Å². The van der Waals surface area contributed by atoms with Gasteiger partial charge in [0.05, 0.1) is 23.1 Å². The SMILES string of the molecule is COc1ccc(S(=O)(=O)N(C)C)cc1NC(=O)[C@H]1CCCN1C(=O)C12CC3CC(CC(C3)C1)C2. The molecule has 4 saturated carbocycles. The van der Waals surface area contributed by atoms with Crippen LogP contribution in [-0.2, 0) is 19.6 Å². The van der Waals surface area contributed by atoms with Gasteiger partial charge in [0.25, 0.3) is 0 Å². The summed E-state index contributed by atoms with van der Waals surface area (Å²) in [5.74, 6) is 2.25. The van der Waals surface area contributed by atoms with E-state index in [2.05, 4.69) is 5.32 Å². The molecule has 0 radical (unpaired) electrons. The molecule has 0 unspecified atom stereocenters. The molecule has 186 valence electrons. The number of methoxy groups -OCH3 is 1. The van der Waals surface area contributed by atoms with Crippen LogP contribution >= 0.6 is 0 Å². The Morgan fingerprint density at radius 2 is 1.71 bits per heavy atom. The Labute approximate surface area is 202 Å². The van der Waals surface area contributed by atoms with E-state index < -0.39 is 16.1 Å². The number of likely N-dealkylation sites (tertiary alicyclic amines) is 1. The van der Waals surface area contributed by atoms with Crippen LogP contribution in [0.15, 0.2) is 23.1 Å². The third-order valence-electron chi connectivity index (χ3n) is 8.52. The summed E-state index contributed by atoms with van der Waals surface area (Å²) < 4.78 is 31.7. The average Bonchev–Trinajstić information content (AvgIpc) is 3.27. The van der Waals surface area contributed by atoms with Gasteiger partial charge in [0.2, 0.25) is 21.8 Å². The fraction of sp³-hybridized carbons (Fsp3) is 0.680. The van der Waals surface area contributed by atoms with E-state index in [1.165, 1.54) is 52.6 Å². The van der Waals surface area contributed by atoms with Crippen LogP contribution in [0.3, 0.4) is 0 Å². The molecule has 0 spiro atoms. The van der Waals surface area contributed by atoms with Crippen molar-refractivity contribution < 1.29 is 22.7 Å². The van der Waals surface area contributed by atoms with Crippen LogP contribution < -0.4 is 10.1 Å². The van der Waals surface area contributed by atoms with Gasteiger partial charge < -0.3 is 15.0 Å². The van der Waals surface area contributed by atoms with Crippen molar-refractivity contribution in [2.75, 3.05) is 33.1 Å². The van der Waals surface area contributed by atoms with Crippen molar-refractivity contribution in [1.82, 2.24) is 9.21 Å². The van der Waals surface area contributed by atoms with E-state index in [9.17, 15) is 18.0 Å². The molecule has 1 saturated heterocycles. The third-order valence-corrected chi connectivity index (χ3v) is 10.3. The number of carbonyl (C=O) groups is 2. The quantitative estimate of drug-likeness (QED) is 0.663. The number of amides is 2. The summed E-state index contributed by atoms with van der Waals surface area (Å²) in [6.07, 6.45) is 8.13. The lowest BCUT2D eigenvalue weighted by Gasteiger charge is -2.56. The minimum absolute atomic E-state index is 0.0709. The summed E-state index contributed by atoms with van der Waals surface area (Å²) in [6, 6.07) is 3.88. The van der Waals surface area contributed by atoms with Gasteiger partial charge in [0.15, 0.2) is 0 Å². The lowest BCUT2D eigenvalue weighted by Crippen LogP contribution is -2.56. The number of rotatable bonds is 6. The van der Waals surface area contributed by atoms with Gasteiger partial charge >= 0.3 is 0 Å². The molecule has 4 aliphatic carbocycles. The molecule has 8 nitrogen and oxygen atoms in total. The van der Waals surface area contributed by atoms with Gasteiger partial charge in [0.1, 0.15) is 11.8 Å². The Balaban J connectivity index is 1.36. The Kier molecular flexibility index (Phi) is 5.91. The fourth-order valence-corrected chi connectivity index (χ4v) is 8.26. The van der Waals surface area contributed by atoms with Crippen molar-refractivity contribution in [3.8, 4) is 5.75 Å². The van der Waals surface area contributed by atoms with Gasteiger partial charge in [-0.15, -0.1) is 0 Å². The first-order chi connectivity index (χ1) is 16.1. The standard InChI is InChI=1S/C25H35N3O5S/c1-27(2)34(31,32)19-6-7-22(33-3)20(12-19)26-23(29)21-5-4-8-28(21)24(30)25-13-16-9-17(14-25)11-18(10-16)15-25/h6-7,12,16-18,21H,4-5,8-11,13-15H2,1-3H3,(H,26,29)/t16?,17?,18?,21-,25?/m1/s1. The first-order valence-electron chi connectivity index (χ1n) is 12.4. The molecular formula is C25H35N3O5S. The van der Waals surface area contributed by atoms with Crippen molar-refractivity contribution in [2.45, 2.75) is 62.3 Å². The smallest absolute Gasteiger partial charge is 0.247 e. The largest absolute Gasteiger partial charge is 0.495 e. The van der Waals surface area contributed by atoms with Gasteiger partial charge in [-0.05, 0) is 87.3 Å². The van der Waals surface area contributed by atoms with Crippen molar-refractivity contribution in [1.29, 1.82) is 0 Å². The third kappa shape index (κ3) is 3.90. The average molecular weight is 490 g/mol. The second-order valence-corrected chi connectivity index (χ2v) is 13.1. The molecule has 2 amide bonds. The minimum Gasteiger partial charge on any atom is -0.495 e. The lowest BCUT2D eigenvalue weighted by molar-refractivity contribution is -0.160. The van der Waals surface area contributed by atoms with Crippen molar-refractivity contribution in [2.24, 2.45) is 23.2 Å². The highest BCUT2D eigenvalue weighted by atomic mass is 32.2. The molecule has 0 aromatic heterocycles. The maximum atomic E-state index is 13.9. The monoisotopic (exact) mass is 489 g/mol. The molecule has 1 N–H and O–H groups in total. The lowest BCUT2D eigenvalue weighted by atomic mass is 9.49. The van der Waals surface area contributed by atoms with Gasteiger partial charge in [-0.2, -0.15) is 0 Å². The van der Waals surface area contributed by atoms with Gasteiger partial charge in [-0.25, -0.2) is 12.7 Å². The summed E-state index contributed by atoms with van der Waals surface area (Å²) >= 11 is 0. The van der Waals surface area contributed by atoms with E-state index in [4.69, 9.17) is 4.74 Å². The number of nitrogens with one attached hydrogen (secondary N) is 1. The highest BCUT2D eigenvalue weighted by Crippen LogP contribution is 2.60. The molecule has 5 aliphatic rings. The Morgan fingerprint density at radius 3 is 2.26 bits per heavy atom. The van der Waals surface area contributed by atoms with Crippen LogP contribution in [0.5, 0.6) is 5.75 Å². The zero-order valence-corrected chi connectivity index (χ0v) is 21.1. The molecule has 1 heterocycles. The predicted molar refractivity (Wildman–Crippen MR) is 128 cm³/mol. The van der Waals surface area contributed by atoms with E-state index in [-0.39, 0.29) is 22.1 Å². The number of ether oxygens (including phenoxy) is 1. The Bertz CT molecular complexity index is 1060. The number of benzene rings is 1. The van der Waals surface area contributed by atoms with Crippen LogP contribution in [0.2, 0.25) is 0 Å².